The van der Waals surface area contributed by atoms with E-state index in [2.05, 4.69) is 5.32 Å². The Labute approximate surface area is 124 Å². The Morgan fingerprint density at radius 3 is 2.45 bits per heavy atom. The van der Waals surface area contributed by atoms with Gasteiger partial charge in [0.15, 0.2) is 0 Å². The summed E-state index contributed by atoms with van der Waals surface area (Å²) in [5.41, 5.74) is 0.575. The van der Waals surface area contributed by atoms with Crippen molar-refractivity contribution in [3.8, 4) is 0 Å². The molecule has 114 valence electrons. The molecular formula is C15H12F2N2O3. The molecule has 0 saturated carbocycles. The number of carbonyl (C=O) groups excluding carboxylic acids is 1. The van der Waals surface area contributed by atoms with Crippen LogP contribution in [0.1, 0.15) is 11.1 Å². The van der Waals surface area contributed by atoms with Crippen LogP contribution in [0.2, 0.25) is 0 Å². The number of hydrogen-bond acceptors (Lipinski definition) is 3. The molecular weight excluding hydrogens is 294 g/mol. The van der Waals surface area contributed by atoms with Gasteiger partial charge in [-0.2, -0.15) is 0 Å². The molecule has 0 saturated heterocycles. The third kappa shape index (κ3) is 4.08. The van der Waals surface area contributed by atoms with Gasteiger partial charge in [0.2, 0.25) is 5.91 Å². The van der Waals surface area contributed by atoms with Crippen LogP contribution in [-0.2, 0) is 17.8 Å². The molecule has 1 amide bonds. The molecule has 7 heteroatoms. The highest BCUT2D eigenvalue weighted by atomic mass is 19.1. The van der Waals surface area contributed by atoms with Gasteiger partial charge >= 0.3 is 0 Å². The standard InChI is InChI=1S/C15H12F2N2O3/c16-12-3-6-14(17)11(8-12)9-18-15(20)7-10-1-4-13(5-2-10)19(21)22/h1-6,8H,7,9H2,(H,18,20). The van der Waals surface area contributed by atoms with Crippen molar-refractivity contribution in [1.82, 2.24) is 5.32 Å². The third-order valence-corrected chi connectivity index (χ3v) is 3.00. The van der Waals surface area contributed by atoms with Gasteiger partial charge in [0.25, 0.3) is 5.69 Å². The number of hydrogen-bond donors (Lipinski definition) is 1. The van der Waals surface area contributed by atoms with Crippen molar-refractivity contribution in [2.24, 2.45) is 0 Å². The lowest BCUT2D eigenvalue weighted by atomic mass is 10.1. The van der Waals surface area contributed by atoms with Gasteiger partial charge in [0, 0.05) is 24.2 Å². The third-order valence-electron chi connectivity index (χ3n) is 3.00. The minimum Gasteiger partial charge on any atom is -0.352 e. The van der Waals surface area contributed by atoms with E-state index in [9.17, 15) is 23.7 Å². The summed E-state index contributed by atoms with van der Waals surface area (Å²) in [4.78, 5) is 21.7. The van der Waals surface area contributed by atoms with Crippen LogP contribution >= 0.6 is 0 Å². The Kier molecular flexibility index (Phi) is 4.77. The molecule has 0 aliphatic carbocycles. The van der Waals surface area contributed by atoms with E-state index in [4.69, 9.17) is 0 Å². The average molecular weight is 306 g/mol. The lowest BCUT2D eigenvalue weighted by Crippen LogP contribution is -2.25. The van der Waals surface area contributed by atoms with Crippen LogP contribution in [0.4, 0.5) is 14.5 Å². The fourth-order valence-electron chi connectivity index (χ4n) is 1.86. The van der Waals surface area contributed by atoms with Gasteiger partial charge in [-0.25, -0.2) is 8.78 Å². The Hall–Kier alpha value is -2.83. The lowest BCUT2D eigenvalue weighted by molar-refractivity contribution is -0.384. The van der Waals surface area contributed by atoms with E-state index in [1.165, 1.54) is 24.3 Å². The van der Waals surface area contributed by atoms with Gasteiger partial charge in [-0.05, 0) is 23.8 Å². The molecule has 2 aromatic rings. The highest BCUT2D eigenvalue weighted by Gasteiger charge is 2.09. The number of amides is 1. The quantitative estimate of drug-likeness (QED) is 0.682. The predicted octanol–water partition coefficient (Wildman–Crippen LogP) is 2.73. The Morgan fingerprint density at radius 1 is 1.14 bits per heavy atom. The molecule has 0 atom stereocenters. The Balaban J connectivity index is 1.92. The maximum absolute atomic E-state index is 13.4. The van der Waals surface area contributed by atoms with E-state index >= 15 is 0 Å². The first-order valence-corrected chi connectivity index (χ1v) is 6.39. The summed E-state index contributed by atoms with van der Waals surface area (Å²) in [6.07, 6.45) is -0.00503. The van der Waals surface area contributed by atoms with Crippen molar-refractivity contribution in [2.45, 2.75) is 13.0 Å². The molecule has 0 unspecified atom stereocenters. The van der Waals surface area contributed by atoms with Gasteiger partial charge < -0.3 is 5.32 Å². The number of nitro benzene ring substituents is 1. The number of non-ortho nitro benzene ring substituents is 1. The van der Waals surface area contributed by atoms with Crippen LogP contribution in [0.15, 0.2) is 42.5 Å². The molecule has 0 bridgehead atoms. The van der Waals surface area contributed by atoms with Crippen LogP contribution in [-0.4, -0.2) is 10.8 Å². The van der Waals surface area contributed by atoms with E-state index in [-0.39, 0.29) is 24.2 Å². The lowest BCUT2D eigenvalue weighted by Gasteiger charge is -2.06. The van der Waals surface area contributed by atoms with E-state index in [1.807, 2.05) is 0 Å². The zero-order valence-corrected chi connectivity index (χ0v) is 11.4. The fourth-order valence-corrected chi connectivity index (χ4v) is 1.86. The second-order valence-electron chi connectivity index (χ2n) is 4.61. The molecule has 0 aromatic heterocycles. The van der Waals surface area contributed by atoms with Gasteiger partial charge in [0.05, 0.1) is 11.3 Å². The Bertz CT molecular complexity index is 702. The number of halogens is 2. The molecule has 5 nitrogen and oxygen atoms in total. The van der Waals surface area contributed by atoms with Crippen molar-refractivity contribution in [3.05, 3.63) is 75.3 Å². The van der Waals surface area contributed by atoms with Gasteiger partial charge in [-0.1, -0.05) is 12.1 Å². The number of rotatable bonds is 5. The summed E-state index contributed by atoms with van der Waals surface area (Å²) in [6, 6.07) is 8.55. The second-order valence-corrected chi connectivity index (χ2v) is 4.61. The molecule has 0 aliphatic rings. The second kappa shape index (κ2) is 6.75. The summed E-state index contributed by atoms with van der Waals surface area (Å²) >= 11 is 0. The minimum absolute atomic E-state index is 0.00503. The van der Waals surface area contributed by atoms with E-state index in [0.717, 1.165) is 18.2 Å². The summed E-state index contributed by atoms with van der Waals surface area (Å²) in [5, 5.41) is 13.0. The van der Waals surface area contributed by atoms with Crippen molar-refractivity contribution in [2.75, 3.05) is 0 Å². The molecule has 2 rings (SSSR count). The number of benzene rings is 2. The molecule has 22 heavy (non-hydrogen) atoms. The summed E-state index contributed by atoms with van der Waals surface area (Å²) < 4.78 is 26.4. The predicted molar refractivity (Wildman–Crippen MR) is 75.0 cm³/mol. The van der Waals surface area contributed by atoms with Gasteiger partial charge in [0.1, 0.15) is 11.6 Å². The van der Waals surface area contributed by atoms with Crippen molar-refractivity contribution in [1.29, 1.82) is 0 Å². The minimum atomic E-state index is -0.600. The summed E-state index contributed by atoms with van der Waals surface area (Å²) in [7, 11) is 0. The molecule has 0 fully saturated rings. The average Bonchev–Trinajstić information content (AvgIpc) is 2.49. The molecule has 1 N–H and O–H groups in total. The van der Waals surface area contributed by atoms with E-state index < -0.39 is 22.5 Å². The van der Waals surface area contributed by atoms with Gasteiger partial charge in [-0.15, -0.1) is 0 Å². The highest BCUT2D eigenvalue weighted by molar-refractivity contribution is 5.78. The normalized spacial score (nSPS) is 10.3. The molecule has 0 aliphatic heterocycles. The smallest absolute Gasteiger partial charge is 0.269 e. The summed E-state index contributed by atoms with van der Waals surface area (Å²) in [5.74, 6) is -1.57. The molecule has 0 radical (unpaired) electrons. The molecule has 0 heterocycles. The fraction of sp³-hybridized carbons (Fsp3) is 0.133. The maximum atomic E-state index is 13.4. The van der Waals surface area contributed by atoms with Crippen LogP contribution < -0.4 is 5.32 Å². The number of nitro groups is 1. The highest BCUT2D eigenvalue weighted by Crippen LogP contribution is 2.13. The first-order chi connectivity index (χ1) is 10.5. The van der Waals surface area contributed by atoms with E-state index in [0.29, 0.717) is 5.56 Å². The number of carbonyl (C=O) groups is 1. The number of nitrogens with zero attached hydrogens (tertiary/aromatic N) is 1. The first kappa shape index (κ1) is 15.6. The SMILES string of the molecule is O=C(Cc1ccc([N+](=O)[O-])cc1)NCc1cc(F)ccc1F. The van der Waals surface area contributed by atoms with Gasteiger partial charge in [-0.3, -0.25) is 14.9 Å². The zero-order chi connectivity index (χ0) is 16.1. The van der Waals surface area contributed by atoms with E-state index in [1.54, 1.807) is 0 Å². The van der Waals surface area contributed by atoms with Crippen molar-refractivity contribution >= 4 is 11.6 Å². The monoisotopic (exact) mass is 306 g/mol. The van der Waals surface area contributed by atoms with Crippen molar-refractivity contribution in [3.63, 3.8) is 0 Å². The topological polar surface area (TPSA) is 72.2 Å². The van der Waals surface area contributed by atoms with Crippen LogP contribution in [0.3, 0.4) is 0 Å². The van der Waals surface area contributed by atoms with Crippen molar-refractivity contribution < 1.29 is 18.5 Å². The number of nitrogens with one attached hydrogen (secondary N) is 1. The van der Waals surface area contributed by atoms with Crippen LogP contribution in [0.25, 0.3) is 0 Å². The Morgan fingerprint density at radius 2 is 1.82 bits per heavy atom. The largest absolute Gasteiger partial charge is 0.352 e. The van der Waals surface area contributed by atoms with Crippen LogP contribution in [0.5, 0.6) is 0 Å². The molecule has 2 aromatic carbocycles. The summed E-state index contributed by atoms with van der Waals surface area (Å²) in [6.45, 7) is -0.130. The zero-order valence-electron chi connectivity index (χ0n) is 11.4. The van der Waals surface area contributed by atoms with Crippen LogP contribution in [0, 0.1) is 21.7 Å². The maximum Gasteiger partial charge on any atom is 0.269 e. The molecule has 0 spiro atoms. The first-order valence-electron chi connectivity index (χ1n) is 6.39.